The monoisotopic (exact) mass is 225 g/mol. The van der Waals surface area contributed by atoms with Crippen molar-refractivity contribution in [2.45, 2.75) is 33.4 Å². The van der Waals surface area contributed by atoms with Crippen molar-refractivity contribution in [3.63, 3.8) is 0 Å². The molecular formula is C10H19N5O. The van der Waals surface area contributed by atoms with Gasteiger partial charge in [-0.25, -0.2) is 0 Å². The molecule has 0 aromatic carbocycles. The second kappa shape index (κ2) is 5.60. The highest BCUT2D eigenvalue weighted by atomic mass is 16.2. The summed E-state index contributed by atoms with van der Waals surface area (Å²) >= 11 is 0. The fourth-order valence-electron chi connectivity index (χ4n) is 1.53. The minimum absolute atomic E-state index is 0.0826. The van der Waals surface area contributed by atoms with Crippen molar-refractivity contribution in [2.24, 2.45) is 5.73 Å². The van der Waals surface area contributed by atoms with E-state index in [0.29, 0.717) is 25.3 Å². The third-order valence-electron chi connectivity index (χ3n) is 2.34. The molecule has 1 heterocycles. The van der Waals surface area contributed by atoms with Crippen LogP contribution in [0.3, 0.4) is 0 Å². The fraction of sp³-hybridized carbons (Fsp3) is 0.700. The van der Waals surface area contributed by atoms with E-state index in [1.807, 2.05) is 20.8 Å². The first-order valence-electron chi connectivity index (χ1n) is 5.51. The van der Waals surface area contributed by atoms with Crippen molar-refractivity contribution in [3.8, 4) is 0 Å². The van der Waals surface area contributed by atoms with Crippen LogP contribution in [0.5, 0.6) is 0 Å². The predicted octanol–water partition coefficient (Wildman–Crippen LogP) is 0.107. The van der Waals surface area contributed by atoms with E-state index in [9.17, 15) is 4.79 Å². The number of carbonyl (C=O) groups is 1. The molecule has 0 atom stereocenters. The lowest BCUT2D eigenvalue weighted by Gasteiger charge is -2.23. The van der Waals surface area contributed by atoms with Gasteiger partial charge in [0.05, 0.1) is 12.7 Å². The van der Waals surface area contributed by atoms with Gasteiger partial charge in [-0.05, 0) is 20.8 Å². The van der Waals surface area contributed by atoms with Crippen LogP contribution in [-0.2, 0) is 6.54 Å². The molecule has 1 amide bonds. The van der Waals surface area contributed by atoms with E-state index in [4.69, 9.17) is 5.73 Å². The Kier molecular flexibility index (Phi) is 4.42. The lowest BCUT2D eigenvalue weighted by molar-refractivity contribution is 0.0710. The van der Waals surface area contributed by atoms with Crippen molar-refractivity contribution >= 4 is 5.91 Å². The molecule has 0 fully saturated rings. The van der Waals surface area contributed by atoms with Crippen molar-refractivity contribution in [1.29, 1.82) is 0 Å². The minimum atomic E-state index is -0.0826. The second-order valence-corrected chi connectivity index (χ2v) is 3.84. The highest BCUT2D eigenvalue weighted by Gasteiger charge is 2.19. The number of amides is 1. The number of nitrogens with zero attached hydrogens (tertiary/aromatic N) is 4. The highest BCUT2D eigenvalue weighted by Crippen LogP contribution is 2.05. The average molecular weight is 225 g/mol. The zero-order chi connectivity index (χ0) is 12.1. The van der Waals surface area contributed by atoms with Gasteiger partial charge in [0.1, 0.15) is 0 Å². The van der Waals surface area contributed by atoms with Gasteiger partial charge < -0.3 is 10.6 Å². The van der Waals surface area contributed by atoms with Gasteiger partial charge in [-0.3, -0.25) is 9.48 Å². The van der Waals surface area contributed by atoms with Crippen LogP contribution in [0.1, 0.15) is 31.3 Å². The summed E-state index contributed by atoms with van der Waals surface area (Å²) in [5, 5.41) is 7.69. The van der Waals surface area contributed by atoms with Crippen LogP contribution in [-0.4, -0.2) is 44.9 Å². The number of carbonyl (C=O) groups excluding carboxylic acids is 1. The van der Waals surface area contributed by atoms with E-state index < -0.39 is 0 Å². The third-order valence-corrected chi connectivity index (χ3v) is 2.34. The summed E-state index contributed by atoms with van der Waals surface area (Å²) in [7, 11) is 0. The Morgan fingerprint density at radius 1 is 1.62 bits per heavy atom. The summed E-state index contributed by atoms with van der Waals surface area (Å²) in [6, 6.07) is 0.164. The summed E-state index contributed by atoms with van der Waals surface area (Å²) in [5.41, 5.74) is 5.77. The molecule has 1 rings (SSSR count). The SMILES string of the molecule is CCN(C(=O)c1cn(CCN)nn1)C(C)C. The molecular weight excluding hydrogens is 206 g/mol. The van der Waals surface area contributed by atoms with E-state index in [0.717, 1.165) is 0 Å². The first-order valence-corrected chi connectivity index (χ1v) is 5.51. The Hall–Kier alpha value is -1.43. The van der Waals surface area contributed by atoms with Gasteiger partial charge in [0.2, 0.25) is 0 Å². The molecule has 1 aromatic rings. The van der Waals surface area contributed by atoms with E-state index >= 15 is 0 Å². The summed E-state index contributed by atoms with van der Waals surface area (Å²) in [6.07, 6.45) is 1.64. The van der Waals surface area contributed by atoms with Crippen LogP contribution in [0, 0.1) is 0 Å². The second-order valence-electron chi connectivity index (χ2n) is 3.84. The van der Waals surface area contributed by atoms with Crippen LogP contribution in [0.25, 0.3) is 0 Å². The largest absolute Gasteiger partial charge is 0.335 e. The molecule has 0 saturated heterocycles. The van der Waals surface area contributed by atoms with E-state index in [-0.39, 0.29) is 11.9 Å². The number of nitrogens with two attached hydrogens (primary N) is 1. The molecule has 0 unspecified atom stereocenters. The quantitative estimate of drug-likeness (QED) is 0.771. The van der Waals surface area contributed by atoms with Gasteiger partial charge in [0.25, 0.3) is 5.91 Å². The molecule has 1 aromatic heterocycles. The lowest BCUT2D eigenvalue weighted by Crippen LogP contribution is -2.36. The van der Waals surface area contributed by atoms with Gasteiger partial charge in [0, 0.05) is 19.1 Å². The van der Waals surface area contributed by atoms with E-state index in [1.165, 1.54) is 0 Å². The van der Waals surface area contributed by atoms with E-state index in [2.05, 4.69) is 10.3 Å². The van der Waals surface area contributed by atoms with Crippen LogP contribution < -0.4 is 5.73 Å². The molecule has 0 saturated carbocycles. The van der Waals surface area contributed by atoms with Crippen molar-refractivity contribution < 1.29 is 4.79 Å². The molecule has 90 valence electrons. The maximum atomic E-state index is 12.0. The Balaban J connectivity index is 2.78. The smallest absolute Gasteiger partial charge is 0.276 e. The molecule has 6 heteroatoms. The zero-order valence-corrected chi connectivity index (χ0v) is 10.1. The Bertz CT molecular complexity index is 347. The fourth-order valence-corrected chi connectivity index (χ4v) is 1.53. The maximum Gasteiger partial charge on any atom is 0.276 e. The molecule has 0 radical (unpaired) electrons. The summed E-state index contributed by atoms with van der Waals surface area (Å²) in [6.45, 7) is 7.63. The minimum Gasteiger partial charge on any atom is -0.335 e. The normalized spacial score (nSPS) is 10.8. The first kappa shape index (κ1) is 12.6. The Morgan fingerprint density at radius 2 is 2.31 bits per heavy atom. The molecule has 0 aliphatic rings. The van der Waals surface area contributed by atoms with Crippen LogP contribution in [0.2, 0.25) is 0 Å². The maximum absolute atomic E-state index is 12.0. The molecule has 0 aliphatic carbocycles. The van der Waals surface area contributed by atoms with Crippen LogP contribution in [0.4, 0.5) is 0 Å². The van der Waals surface area contributed by atoms with Gasteiger partial charge in [-0.15, -0.1) is 5.10 Å². The number of aromatic nitrogens is 3. The predicted molar refractivity (Wildman–Crippen MR) is 60.9 cm³/mol. The number of hydrogen-bond donors (Lipinski definition) is 1. The summed E-state index contributed by atoms with van der Waals surface area (Å²) in [5.74, 6) is -0.0826. The lowest BCUT2D eigenvalue weighted by atomic mass is 10.3. The standard InChI is InChI=1S/C10H19N5O/c1-4-15(8(2)3)10(16)9-7-14(6-5-11)13-12-9/h7-8H,4-6,11H2,1-3H3. The van der Waals surface area contributed by atoms with Crippen LogP contribution in [0.15, 0.2) is 6.20 Å². The molecule has 0 spiro atoms. The van der Waals surface area contributed by atoms with Crippen molar-refractivity contribution in [3.05, 3.63) is 11.9 Å². The van der Waals surface area contributed by atoms with Gasteiger partial charge >= 0.3 is 0 Å². The number of rotatable bonds is 5. The first-order chi connectivity index (χ1) is 7.60. The van der Waals surface area contributed by atoms with Gasteiger partial charge in [-0.2, -0.15) is 0 Å². The third kappa shape index (κ3) is 2.79. The topological polar surface area (TPSA) is 77.0 Å². The molecule has 16 heavy (non-hydrogen) atoms. The average Bonchev–Trinajstić information content (AvgIpc) is 2.67. The molecule has 0 bridgehead atoms. The summed E-state index contributed by atoms with van der Waals surface area (Å²) < 4.78 is 1.58. The van der Waals surface area contributed by atoms with E-state index in [1.54, 1.807) is 15.8 Å². The summed E-state index contributed by atoms with van der Waals surface area (Å²) in [4.78, 5) is 13.8. The van der Waals surface area contributed by atoms with Gasteiger partial charge in [-0.1, -0.05) is 5.21 Å². The van der Waals surface area contributed by atoms with Gasteiger partial charge in [0.15, 0.2) is 5.69 Å². The van der Waals surface area contributed by atoms with Crippen molar-refractivity contribution in [1.82, 2.24) is 19.9 Å². The molecule has 6 nitrogen and oxygen atoms in total. The van der Waals surface area contributed by atoms with Crippen molar-refractivity contribution in [2.75, 3.05) is 13.1 Å². The highest BCUT2D eigenvalue weighted by molar-refractivity contribution is 5.92. The Morgan fingerprint density at radius 3 is 2.81 bits per heavy atom. The Labute approximate surface area is 95.4 Å². The zero-order valence-electron chi connectivity index (χ0n) is 10.1. The van der Waals surface area contributed by atoms with Crippen LogP contribution >= 0.6 is 0 Å². The molecule has 2 N–H and O–H groups in total. The molecule has 0 aliphatic heterocycles. The number of hydrogen-bond acceptors (Lipinski definition) is 4.